The van der Waals surface area contributed by atoms with Crippen molar-refractivity contribution in [1.82, 2.24) is 15.6 Å². The molecule has 152 valence electrons. The summed E-state index contributed by atoms with van der Waals surface area (Å²) in [6.45, 7) is 3.00. The first-order valence-electron chi connectivity index (χ1n) is 9.10. The molecular weight excluding hydrogens is 363 g/mol. The van der Waals surface area contributed by atoms with Crippen molar-refractivity contribution < 1.29 is 18.6 Å². The molecule has 0 aliphatic rings. The largest absolute Gasteiger partial charge is 0.453 e. The minimum absolute atomic E-state index is 0.160. The van der Waals surface area contributed by atoms with E-state index in [0.29, 0.717) is 38.1 Å². The van der Waals surface area contributed by atoms with Crippen LogP contribution in [0.2, 0.25) is 0 Å². The van der Waals surface area contributed by atoms with Crippen molar-refractivity contribution in [2.75, 3.05) is 40.5 Å². The molecule has 0 aliphatic carbocycles. The molecule has 0 spiro atoms. The second kappa shape index (κ2) is 12.6. The fourth-order valence-corrected chi connectivity index (χ4v) is 2.30. The van der Waals surface area contributed by atoms with Crippen LogP contribution in [0, 0.1) is 5.82 Å². The fraction of sp³-hybridized carbons (Fsp3) is 0.400. The zero-order valence-electron chi connectivity index (χ0n) is 16.3. The molecule has 0 atom stereocenters. The van der Waals surface area contributed by atoms with Gasteiger partial charge in [-0.15, -0.1) is 0 Å². The maximum atomic E-state index is 14.3. The third-order valence-electron chi connectivity index (χ3n) is 3.73. The molecule has 0 saturated carbocycles. The summed E-state index contributed by atoms with van der Waals surface area (Å²) >= 11 is 0. The number of aromatic nitrogens is 1. The molecule has 28 heavy (non-hydrogen) atoms. The summed E-state index contributed by atoms with van der Waals surface area (Å²) in [4.78, 5) is 8.10. The van der Waals surface area contributed by atoms with E-state index in [2.05, 4.69) is 20.6 Å². The fourth-order valence-electron chi connectivity index (χ4n) is 2.30. The normalized spacial score (nSPS) is 11.3. The number of ether oxygens (including phenoxy) is 3. The molecule has 2 N–H and O–H groups in total. The molecule has 1 heterocycles. The van der Waals surface area contributed by atoms with E-state index in [9.17, 15) is 4.39 Å². The summed E-state index contributed by atoms with van der Waals surface area (Å²) in [7, 11) is 3.34. The van der Waals surface area contributed by atoms with E-state index < -0.39 is 5.82 Å². The van der Waals surface area contributed by atoms with Crippen LogP contribution in [0.1, 0.15) is 12.0 Å². The number of hydrogen-bond acceptors (Lipinski definition) is 5. The molecule has 0 fully saturated rings. The van der Waals surface area contributed by atoms with E-state index in [1.54, 1.807) is 44.6 Å². The highest BCUT2D eigenvalue weighted by Crippen LogP contribution is 2.24. The van der Waals surface area contributed by atoms with Crippen LogP contribution in [0.25, 0.3) is 0 Å². The molecule has 7 nitrogen and oxygen atoms in total. The summed E-state index contributed by atoms with van der Waals surface area (Å²) in [5, 5.41) is 6.35. The first-order chi connectivity index (χ1) is 13.7. The van der Waals surface area contributed by atoms with Crippen molar-refractivity contribution in [3.8, 4) is 11.5 Å². The van der Waals surface area contributed by atoms with Crippen molar-refractivity contribution in [1.29, 1.82) is 0 Å². The monoisotopic (exact) mass is 390 g/mol. The van der Waals surface area contributed by atoms with E-state index in [0.717, 1.165) is 18.5 Å². The van der Waals surface area contributed by atoms with Gasteiger partial charge in [-0.3, -0.25) is 9.98 Å². The lowest BCUT2D eigenvalue weighted by atomic mass is 10.2. The summed E-state index contributed by atoms with van der Waals surface area (Å²) < 4.78 is 30.1. The Bertz CT molecular complexity index is 729. The Morgan fingerprint density at radius 3 is 2.79 bits per heavy atom. The highest BCUT2D eigenvalue weighted by molar-refractivity contribution is 5.79. The molecule has 0 amide bonds. The maximum Gasteiger partial charge on any atom is 0.191 e. The van der Waals surface area contributed by atoms with Crippen LogP contribution in [-0.2, 0) is 16.0 Å². The van der Waals surface area contributed by atoms with Crippen molar-refractivity contribution in [3.63, 3.8) is 0 Å². The Morgan fingerprint density at radius 1 is 1.18 bits per heavy atom. The number of methoxy groups -OCH3 is 1. The predicted molar refractivity (Wildman–Crippen MR) is 106 cm³/mol. The minimum Gasteiger partial charge on any atom is -0.453 e. The number of nitrogens with zero attached hydrogens (tertiary/aromatic N) is 2. The van der Waals surface area contributed by atoms with Crippen LogP contribution >= 0.6 is 0 Å². The van der Waals surface area contributed by atoms with Gasteiger partial charge >= 0.3 is 0 Å². The SMILES string of the molecule is CN=C(NCCCOCCOC)NCc1ccc(Oc2cccnc2)c(F)c1. The van der Waals surface area contributed by atoms with Gasteiger partial charge in [0.2, 0.25) is 0 Å². The van der Waals surface area contributed by atoms with E-state index in [1.807, 2.05) is 0 Å². The van der Waals surface area contributed by atoms with Crippen LogP contribution in [0.15, 0.2) is 47.7 Å². The lowest BCUT2D eigenvalue weighted by Gasteiger charge is -2.13. The minimum atomic E-state index is -0.431. The average molecular weight is 390 g/mol. The number of rotatable bonds is 11. The number of aliphatic imine (C=N–C) groups is 1. The molecule has 0 saturated heterocycles. The zero-order valence-corrected chi connectivity index (χ0v) is 16.3. The van der Waals surface area contributed by atoms with Crippen molar-refractivity contribution in [2.45, 2.75) is 13.0 Å². The number of hydrogen-bond donors (Lipinski definition) is 2. The van der Waals surface area contributed by atoms with Crippen LogP contribution < -0.4 is 15.4 Å². The molecule has 0 aliphatic heterocycles. The van der Waals surface area contributed by atoms with Crippen LogP contribution in [0.4, 0.5) is 4.39 Å². The van der Waals surface area contributed by atoms with Gasteiger partial charge in [-0.05, 0) is 36.2 Å². The van der Waals surface area contributed by atoms with Gasteiger partial charge in [0.05, 0.1) is 19.4 Å². The third-order valence-corrected chi connectivity index (χ3v) is 3.73. The second-order valence-electron chi connectivity index (χ2n) is 5.87. The summed E-state index contributed by atoms with van der Waals surface area (Å²) in [5.41, 5.74) is 0.780. The number of guanidine groups is 1. The van der Waals surface area contributed by atoms with E-state index >= 15 is 0 Å². The Balaban J connectivity index is 1.74. The molecule has 0 radical (unpaired) electrons. The molecule has 0 unspecified atom stereocenters. The first kappa shape index (κ1) is 21.6. The van der Waals surface area contributed by atoms with Crippen LogP contribution in [0.5, 0.6) is 11.5 Å². The Morgan fingerprint density at radius 2 is 2.07 bits per heavy atom. The van der Waals surface area contributed by atoms with Gasteiger partial charge in [0, 0.05) is 40.1 Å². The van der Waals surface area contributed by atoms with E-state index in [1.165, 1.54) is 12.3 Å². The van der Waals surface area contributed by atoms with Gasteiger partial charge < -0.3 is 24.8 Å². The van der Waals surface area contributed by atoms with Gasteiger partial charge in [0.1, 0.15) is 5.75 Å². The van der Waals surface area contributed by atoms with Gasteiger partial charge in [0.15, 0.2) is 17.5 Å². The number of halogens is 1. The van der Waals surface area contributed by atoms with Crippen molar-refractivity contribution in [2.24, 2.45) is 4.99 Å². The second-order valence-corrected chi connectivity index (χ2v) is 5.87. The van der Waals surface area contributed by atoms with Crippen LogP contribution in [0.3, 0.4) is 0 Å². The smallest absolute Gasteiger partial charge is 0.191 e. The molecule has 8 heteroatoms. The van der Waals surface area contributed by atoms with Crippen molar-refractivity contribution in [3.05, 3.63) is 54.1 Å². The van der Waals surface area contributed by atoms with Gasteiger partial charge in [-0.2, -0.15) is 0 Å². The molecule has 2 rings (SSSR count). The third kappa shape index (κ3) is 7.89. The van der Waals surface area contributed by atoms with E-state index in [-0.39, 0.29) is 5.75 Å². The Labute approximate surface area is 164 Å². The van der Waals surface area contributed by atoms with Crippen LogP contribution in [-0.4, -0.2) is 51.5 Å². The molecule has 2 aromatic rings. The highest BCUT2D eigenvalue weighted by atomic mass is 19.1. The zero-order chi connectivity index (χ0) is 20.0. The molecule has 1 aromatic carbocycles. The predicted octanol–water partition coefficient (Wildman–Crippen LogP) is 2.73. The lowest BCUT2D eigenvalue weighted by molar-refractivity contribution is 0.0698. The van der Waals surface area contributed by atoms with Gasteiger partial charge in [-0.1, -0.05) is 6.07 Å². The number of benzene rings is 1. The molecular formula is C20H27FN4O3. The number of pyridine rings is 1. The van der Waals surface area contributed by atoms with Crippen molar-refractivity contribution >= 4 is 5.96 Å². The average Bonchev–Trinajstić information content (AvgIpc) is 2.72. The maximum absolute atomic E-state index is 14.3. The lowest BCUT2D eigenvalue weighted by Crippen LogP contribution is -2.37. The topological polar surface area (TPSA) is 77.0 Å². The first-order valence-corrected chi connectivity index (χ1v) is 9.10. The Kier molecular flexibility index (Phi) is 9.74. The Hall–Kier alpha value is -2.71. The molecule has 1 aromatic heterocycles. The van der Waals surface area contributed by atoms with E-state index in [4.69, 9.17) is 14.2 Å². The van der Waals surface area contributed by atoms with Gasteiger partial charge in [0.25, 0.3) is 0 Å². The molecule has 0 bridgehead atoms. The van der Waals surface area contributed by atoms with Gasteiger partial charge in [-0.25, -0.2) is 4.39 Å². The highest BCUT2D eigenvalue weighted by Gasteiger charge is 2.07. The number of nitrogens with one attached hydrogen (secondary N) is 2. The standard InChI is InChI=1S/C20H27FN4O3/c1-22-20(24-9-4-10-27-12-11-26-2)25-14-16-6-7-19(18(21)13-16)28-17-5-3-8-23-15-17/h3,5-8,13,15H,4,9-12,14H2,1-2H3,(H2,22,24,25). The quantitative estimate of drug-likeness (QED) is 0.349. The summed E-state index contributed by atoms with van der Waals surface area (Å²) in [6.07, 6.45) is 4.01. The summed E-state index contributed by atoms with van der Waals surface area (Å²) in [6, 6.07) is 8.30. The summed E-state index contributed by atoms with van der Waals surface area (Å²) in [5.74, 6) is 0.864.